The van der Waals surface area contributed by atoms with Crippen molar-refractivity contribution in [1.29, 1.82) is 0 Å². The van der Waals surface area contributed by atoms with Gasteiger partial charge in [-0.1, -0.05) is 127 Å². The molecule has 2 rings (SSSR count). The first-order chi connectivity index (χ1) is 18.1. The van der Waals surface area contributed by atoms with Crippen molar-refractivity contribution in [3.63, 3.8) is 0 Å². The lowest BCUT2D eigenvalue weighted by Gasteiger charge is -2.12. The second-order valence-corrected chi connectivity index (χ2v) is 9.79. The van der Waals surface area contributed by atoms with Gasteiger partial charge in [-0.15, -0.1) is 0 Å². The van der Waals surface area contributed by atoms with Gasteiger partial charge in [0.25, 0.3) is 11.8 Å². The van der Waals surface area contributed by atoms with E-state index < -0.39 is 0 Å². The average Bonchev–Trinajstić information content (AvgIpc) is 2.92. The van der Waals surface area contributed by atoms with E-state index in [0.717, 1.165) is 12.8 Å². The van der Waals surface area contributed by atoms with Crippen LogP contribution < -0.4 is 10.6 Å². The molecular weight excluding hydrogens is 460 g/mol. The second kappa shape index (κ2) is 19.1. The van der Waals surface area contributed by atoms with Gasteiger partial charge in [0.2, 0.25) is 0 Å². The molecule has 2 aromatic carbocycles. The van der Waals surface area contributed by atoms with E-state index in [2.05, 4.69) is 17.6 Å². The Hall–Kier alpha value is -3.08. The van der Waals surface area contributed by atoms with Crippen molar-refractivity contribution in [3.8, 4) is 5.75 Å². The summed E-state index contributed by atoms with van der Waals surface area (Å²) in [5.41, 5.74) is 1.05. The minimum Gasteiger partial charge on any atom is -0.507 e. The fraction of sp³-hybridized carbons (Fsp3) is 0.500. The molecule has 2 amide bonds. The second-order valence-electron chi connectivity index (χ2n) is 9.79. The maximum Gasteiger partial charge on any atom is 0.267 e. The molecule has 5 nitrogen and oxygen atoms in total. The molecular formula is C32H46N2O3. The Kier molecular flexibility index (Phi) is 15.6. The van der Waals surface area contributed by atoms with E-state index >= 15 is 0 Å². The maximum atomic E-state index is 12.9. The summed E-state index contributed by atoms with van der Waals surface area (Å²) in [6.07, 6.45) is 19.5. The number of nitrogens with one attached hydrogen (secondary N) is 2. The van der Waals surface area contributed by atoms with Crippen molar-refractivity contribution in [3.05, 3.63) is 71.4 Å². The van der Waals surface area contributed by atoms with Crippen LogP contribution in [-0.2, 0) is 4.79 Å². The zero-order valence-corrected chi connectivity index (χ0v) is 22.6. The molecule has 2 aromatic rings. The highest BCUT2D eigenvalue weighted by atomic mass is 16.3. The number of carbonyl (C=O) groups excluding carboxylic acids is 2. The van der Waals surface area contributed by atoms with Gasteiger partial charge in [0.05, 0.1) is 0 Å². The minimum absolute atomic E-state index is 0.0498. The highest BCUT2D eigenvalue weighted by Gasteiger charge is 2.15. The molecule has 0 unspecified atom stereocenters. The van der Waals surface area contributed by atoms with E-state index in [1.54, 1.807) is 48.5 Å². The number of para-hydroxylation sites is 1. The monoisotopic (exact) mass is 506 g/mol. The van der Waals surface area contributed by atoms with Gasteiger partial charge in [-0.25, -0.2) is 0 Å². The lowest BCUT2D eigenvalue weighted by atomic mass is 10.0. The quantitative estimate of drug-likeness (QED) is 0.135. The number of phenols is 1. The molecule has 202 valence electrons. The Bertz CT molecular complexity index is 940. The first-order valence-electron chi connectivity index (χ1n) is 14.3. The number of amides is 2. The van der Waals surface area contributed by atoms with Crippen LogP contribution in [-0.4, -0.2) is 23.5 Å². The smallest absolute Gasteiger partial charge is 0.267 e. The van der Waals surface area contributed by atoms with E-state index in [1.807, 2.05) is 6.07 Å². The van der Waals surface area contributed by atoms with Crippen molar-refractivity contribution >= 4 is 17.9 Å². The van der Waals surface area contributed by atoms with Gasteiger partial charge < -0.3 is 15.7 Å². The van der Waals surface area contributed by atoms with E-state index in [4.69, 9.17) is 0 Å². The minimum atomic E-state index is -0.367. The fourth-order valence-corrected chi connectivity index (χ4v) is 4.32. The molecule has 0 spiro atoms. The first kappa shape index (κ1) is 30.1. The first-order valence-corrected chi connectivity index (χ1v) is 14.3. The molecule has 3 N–H and O–H groups in total. The molecule has 0 bridgehead atoms. The van der Waals surface area contributed by atoms with Gasteiger partial charge in [0.1, 0.15) is 11.4 Å². The number of aromatic hydroxyl groups is 1. The van der Waals surface area contributed by atoms with Gasteiger partial charge >= 0.3 is 0 Å². The van der Waals surface area contributed by atoms with Gasteiger partial charge in [-0.3, -0.25) is 9.59 Å². The van der Waals surface area contributed by atoms with Crippen LogP contribution in [0.15, 0.2) is 60.3 Å². The molecule has 0 atom stereocenters. The predicted octanol–water partition coefficient (Wildman–Crippen LogP) is 7.76. The van der Waals surface area contributed by atoms with Crippen LogP contribution >= 0.6 is 0 Å². The van der Waals surface area contributed by atoms with Crippen LogP contribution in [0.1, 0.15) is 113 Å². The van der Waals surface area contributed by atoms with Crippen molar-refractivity contribution in [2.24, 2.45) is 0 Å². The summed E-state index contributed by atoms with van der Waals surface area (Å²) in [6, 6.07) is 15.5. The van der Waals surface area contributed by atoms with Crippen molar-refractivity contribution in [2.75, 3.05) is 6.54 Å². The lowest BCUT2D eigenvalue weighted by molar-refractivity contribution is -0.117. The van der Waals surface area contributed by atoms with Crippen molar-refractivity contribution in [2.45, 2.75) is 96.8 Å². The van der Waals surface area contributed by atoms with Crippen LogP contribution in [0.5, 0.6) is 5.75 Å². The van der Waals surface area contributed by atoms with Crippen molar-refractivity contribution < 1.29 is 14.7 Å². The summed E-state index contributed by atoms with van der Waals surface area (Å²) in [5, 5.41) is 15.7. The Balaban J connectivity index is 1.67. The standard InChI is InChI=1S/C32H46N2O3/c1-2-3-4-5-6-7-8-9-10-11-12-13-14-20-25-33-32(37)29(26-28-23-18-19-24-30(28)35)34-31(36)27-21-16-15-17-22-27/h15-19,21-24,26,35H,2-14,20,25H2,1H3,(H,33,37)(H,34,36)/b29-26+. The van der Waals surface area contributed by atoms with Gasteiger partial charge in [-0.05, 0) is 30.7 Å². The van der Waals surface area contributed by atoms with Gasteiger partial charge in [0, 0.05) is 17.7 Å². The molecule has 0 aromatic heterocycles. The number of phenolic OH excluding ortho intramolecular Hbond substituents is 1. The molecule has 5 heteroatoms. The number of carbonyl (C=O) groups is 2. The molecule has 37 heavy (non-hydrogen) atoms. The number of benzene rings is 2. The van der Waals surface area contributed by atoms with E-state index in [9.17, 15) is 14.7 Å². The Morgan fingerprint density at radius 3 is 1.78 bits per heavy atom. The van der Waals surface area contributed by atoms with Crippen molar-refractivity contribution in [1.82, 2.24) is 10.6 Å². The Morgan fingerprint density at radius 1 is 0.703 bits per heavy atom. The Morgan fingerprint density at radius 2 is 1.22 bits per heavy atom. The fourth-order valence-electron chi connectivity index (χ4n) is 4.32. The topological polar surface area (TPSA) is 78.4 Å². The average molecular weight is 507 g/mol. The van der Waals surface area contributed by atoms with Gasteiger partial charge in [-0.2, -0.15) is 0 Å². The molecule has 0 saturated carbocycles. The third kappa shape index (κ3) is 13.2. The number of rotatable bonds is 19. The third-order valence-corrected chi connectivity index (χ3v) is 6.58. The van der Waals surface area contributed by atoms with Crippen LogP contribution in [0, 0.1) is 0 Å². The molecule has 0 aliphatic carbocycles. The van der Waals surface area contributed by atoms with E-state index in [0.29, 0.717) is 17.7 Å². The number of unbranched alkanes of at least 4 members (excludes halogenated alkanes) is 13. The predicted molar refractivity (Wildman–Crippen MR) is 153 cm³/mol. The summed E-state index contributed by atoms with van der Waals surface area (Å²) < 4.78 is 0. The van der Waals surface area contributed by atoms with Crippen LogP contribution in [0.4, 0.5) is 0 Å². The van der Waals surface area contributed by atoms with E-state index in [1.165, 1.54) is 83.1 Å². The Labute approximate surface area is 223 Å². The van der Waals surface area contributed by atoms with Crippen LogP contribution in [0.3, 0.4) is 0 Å². The molecule has 0 fully saturated rings. The number of hydrogen-bond donors (Lipinski definition) is 3. The SMILES string of the molecule is CCCCCCCCCCCCCCCCNC(=O)/C(=C\c1ccccc1O)NC(=O)c1ccccc1. The van der Waals surface area contributed by atoms with Crippen LogP contribution in [0.25, 0.3) is 6.08 Å². The zero-order valence-electron chi connectivity index (χ0n) is 22.6. The highest BCUT2D eigenvalue weighted by molar-refractivity contribution is 6.05. The normalized spacial score (nSPS) is 11.3. The zero-order chi connectivity index (χ0) is 26.6. The third-order valence-electron chi connectivity index (χ3n) is 6.58. The molecule has 0 radical (unpaired) electrons. The largest absolute Gasteiger partial charge is 0.507 e. The summed E-state index contributed by atoms with van der Waals surface area (Å²) in [5.74, 6) is -0.676. The number of hydrogen-bond acceptors (Lipinski definition) is 3. The summed E-state index contributed by atoms with van der Waals surface area (Å²) in [6.45, 7) is 2.81. The summed E-state index contributed by atoms with van der Waals surface area (Å²) in [7, 11) is 0. The molecule has 0 aliphatic rings. The van der Waals surface area contributed by atoms with E-state index in [-0.39, 0.29) is 23.3 Å². The lowest BCUT2D eigenvalue weighted by Crippen LogP contribution is -2.35. The highest BCUT2D eigenvalue weighted by Crippen LogP contribution is 2.19. The van der Waals surface area contributed by atoms with Crippen LogP contribution in [0.2, 0.25) is 0 Å². The molecule has 0 heterocycles. The maximum absolute atomic E-state index is 12.9. The van der Waals surface area contributed by atoms with Gasteiger partial charge in [0.15, 0.2) is 0 Å². The molecule has 0 saturated heterocycles. The summed E-state index contributed by atoms with van der Waals surface area (Å²) >= 11 is 0. The summed E-state index contributed by atoms with van der Waals surface area (Å²) in [4.78, 5) is 25.5. The molecule has 0 aliphatic heterocycles.